The van der Waals surface area contributed by atoms with Crippen molar-refractivity contribution in [3.8, 4) is 5.75 Å². The average Bonchev–Trinajstić information content (AvgIpc) is 2.74. The molecule has 1 aromatic heterocycles. The Labute approximate surface area is 201 Å². The molecular weight excluding hydrogens is 458 g/mol. The molecule has 0 saturated carbocycles. The van der Waals surface area contributed by atoms with Gasteiger partial charge in [0, 0.05) is 34.8 Å². The van der Waals surface area contributed by atoms with Gasteiger partial charge in [-0.3, -0.25) is 4.98 Å². The number of rotatable bonds is 8. The van der Waals surface area contributed by atoms with Crippen molar-refractivity contribution in [1.29, 1.82) is 0 Å². The number of hydrogen-bond donors (Lipinski definition) is 1. The van der Waals surface area contributed by atoms with Crippen LogP contribution in [0.5, 0.6) is 5.75 Å². The van der Waals surface area contributed by atoms with Crippen LogP contribution in [0.3, 0.4) is 0 Å². The highest BCUT2D eigenvalue weighted by Crippen LogP contribution is 2.45. The second kappa shape index (κ2) is 9.77. The van der Waals surface area contributed by atoms with Gasteiger partial charge < -0.3 is 10.0 Å². The number of aromatic hydroxyl groups is 1. The number of hydrogen-bond acceptors (Lipinski definition) is 5. The molecule has 3 aromatic rings. The Morgan fingerprint density at radius 3 is 2.21 bits per heavy atom. The molecule has 1 heterocycles. The smallest absolute Gasteiger partial charge is 0.236 e. The molecule has 0 radical (unpaired) electrons. The minimum absolute atomic E-state index is 0.220. The van der Waals surface area contributed by atoms with Crippen LogP contribution >= 0.6 is 11.6 Å². The van der Waals surface area contributed by atoms with Crippen LogP contribution in [0.25, 0.3) is 10.9 Å². The predicted octanol–water partition coefficient (Wildman–Crippen LogP) is 5.97. The first kappa shape index (κ1) is 25.1. The number of pyridine rings is 1. The first-order valence-corrected chi connectivity index (χ1v) is 13.5. The van der Waals surface area contributed by atoms with Crippen molar-refractivity contribution >= 4 is 49.6 Å². The van der Waals surface area contributed by atoms with Gasteiger partial charge in [0.15, 0.2) is 0 Å². The summed E-state index contributed by atoms with van der Waals surface area (Å²) in [5, 5.41) is 12.3. The summed E-state index contributed by atoms with van der Waals surface area (Å²) in [6, 6.07) is 8.87. The predicted molar refractivity (Wildman–Crippen MR) is 139 cm³/mol. The molecule has 3 rings (SSSR count). The van der Waals surface area contributed by atoms with Crippen LogP contribution in [-0.2, 0) is 22.9 Å². The third-order valence-electron chi connectivity index (χ3n) is 5.90. The summed E-state index contributed by atoms with van der Waals surface area (Å²) in [5.41, 5.74) is 4.57. The Bertz CT molecular complexity index is 1280. The number of halogens is 1. The summed E-state index contributed by atoms with van der Waals surface area (Å²) in [5.74, 6) is 0.220. The number of fused-ring (bicyclic) bond motifs is 1. The molecule has 0 amide bonds. The zero-order valence-electron chi connectivity index (χ0n) is 20.1. The van der Waals surface area contributed by atoms with Gasteiger partial charge in [-0.05, 0) is 69.5 Å². The van der Waals surface area contributed by atoms with Gasteiger partial charge in [0.05, 0.1) is 28.8 Å². The third kappa shape index (κ3) is 4.75. The number of aromatic nitrogens is 1. The number of benzene rings is 2. The van der Waals surface area contributed by atoms with Crippen molar-refractivity contribution in [1.82, 2.24) is 4.98 Å². The third-order valence-corrected chi connectivity index (χ3v) is 7.19. The molecule has 0 fully saturated rings. The Kier molecular flexibility index (Phi) is 7.44. The molecule has 2 aromatic carbocycles. The fourth-order valence-electron chi connectivity index (χ4n) is 4.38. The summed E-state index contributed by atoms with van der Waals surface area (Å²) in [7, 11) is -3.74. The molecule has 0 bridgehead atoms. The Balaban J connectivity index is 2.48. The van der Waals surface area contributed by atoms with Crippen molar-refractivity contribution in [3.05, 3.63) is 52.2 Å². The zero-order chi connectivity index (χ0) is 24.5. The molecule has 0 aliphatic carbocycles. The van der Waals surface area contributed by atoms with E-state index in [1.54, 1.807) is 30.3 Å². The minimum atomic E-state index is -3.74. The van der Waals surface area contributed by atoms with Crippen molar-refractivity contribution in [2.24, 2.45) is 0 Å². The van der Waals surface area contributed by atoms with Gasteiger partial charge in [-0.2, -0.15) is 0 Å². The monoisotopic (exact) mass is 489 g/mol. The van der Waals surface area contributed by atoms with Gasteiger partial charge in [0.25, 0.3) is 0 Å². The van der Waals surface area contributed by atoms with Crippen LogP contribution in [-0.4, -0.2) is 37.9 Å². The van der Waals surface area contributed by atoms with Crippen LogP contribution in [0.15, 0.2) is 30.3 Å². The lowest BCUT2D eigenvalue weighted by atomic mass is 9.99. The van der Waals surface area contributed by atoms with E-state index >= 15 is 0 Å². The lowest BCUT2D eigenvalue weighted by molar-refractivity contribution is 0.467. The Morgan fingerprint density at radius 2 is 1.67 bits per heavy atom. The summed E-state index contributed by atoms with van der Waals surface area (Å²) < 4.78 is 28.1. The fraction of sp³-hybridized carbons (Fsp3) is 0.400. The second-order valence-corrected chi connectivity index (χ2v) is 10.3. The summed E-state index contributed by atoms with van der Waals surface area (Å²) in [6.07, 6.45) is 2.33. The molecule has 6 nitrogen and oxygen atoms in total. The maximum absolute atomic E-state index is 13.3. The fourth-order valence-corrected chi connectivity index (χ4v) is 5.58. The van der Waals surface area contributed by atoms with E-state index in [2.05, 4.69) is 9.88 Å². The van der Waals surface area contributed by atoms with Crippen molar-refractivity contribution in [2.45, 2.75) is 47.5 Å². The maximum Gasteiger partial charge on any atom is 0.236 e. The quantitative estimate of drug-likeness (QED) is 0.422. The average molecular weight is 490 g/mol. The molecule has 0 saturated heterocycles. The van der Waals surface area contributed by atoms with Crippen LogP contribution in [0, 0.1) is 6.92 Å². The van der Waals surface area contributed by atoms with Crippen molar-refractivity contribution < 1.29 is 13.5 Å². The van der Waals surface area contributed by atoms with Crippen molar-refractivity contribution in [3.63, 3.8) is 0 Å². The second-order valence-electron chi connectivity index (χ2n) is 8.08. The standard InChI is InChI=1S/C25H32ClN3O3S/c1-7-17-14-23(19(8-2)24(25(17)30)28(9-3)10-4)29(33(6,31)32)22-13-16(5)27-21-15-18(26)11-12-20(21)22/h11-15,30H,7-10H2,1-6H3. The highest BCUT2D eigenvalue weighted by Gasteiger charge is 2.29. The van der Waals surface area contributed by atoms with Crippen LogP contribution in [0.1, 0.15) is 44.5 Å². The number of phenols is 1. The van der Waals surface area contributed by atoms with E-state index in [0.29, 0.717) is 70.2 Å². The highest BCUT2D eigenvalue weighted by molar-refractivity contribution is 7.92. The summed E-state index contributed by atoms with van der Waals surface area (Å²) in [4.78, 5) is 6.64. The highest BCUT2D eigenvalue weighted by atomic mass is 35.5. The molecule has 8 heteroatoms. The molecule has 0 spiro atoms. The number of aryl methyl sites for hydroxylation is 2. The number of anilines is 3. The van der Waals surface area contributed by atoms with Crippen LogP contribution in [0.4, 0.5) is 17.1 Å². The largest absolute Gasteiger partial charge is 0.505 e. The van der Waals surface area contributed by atoms with Crippen LogP contribution < -0.4 is 9.21 Å². The Morgan fingerprint density at radius 1 is 1.00 bits per heavy atom. The van der Waals surface area contributed by atoms with E-state index in [1.807, 2.05) is 34.6 Å². The van der Waals surface area contributed by atoms with E-state index in [1.165, 1.54) is 10.6 Å². The van der Waals surface area contributed by atoms with Gasteiger partial charge in [-0.1, -0.05) is 25.4 Å². The topological polar surface area (TPSA) is 73.7 Å². The summed E-state index contributed by atoms with van der Waals surface area (Å²) in [6.45, 7) is 11.2. The molecule has 178 valence electrons. The first-order valence-electron chi connectivity index (χ1n) is 11.3. The minimum Gasteiger partial charge on any atom is -0.505 e. The number of phenolic OH excluding ortho intramolecular Hbond substituents is 1. The van der Waals surface area contributed by atoms with Gasteiger partial charge in [-0.15, -0.1) is 0 Å². The molecule has 0 aliphatic rings. The Hall–Kier alpha value is -2.51. The zero-order valence-corrected chi connectivity index (χ0v) is 21.7. The lowest BCUT2D eigenvalue weighted by Gasteiger charge is -2.32. The SMILES string of the molecule is CCc1cc(N(c2cc(C)nc3cc(Cl)ccc23)S(C)(=O)=O)c(CC)c(N(CC)CC)c1O. The normalized spacial score (nSPS) is 11.7. The number of nitrogens with zero attached hydrogens (tertiary/aromatic N) is 3. The van der Waals surface area contributed by atoms with Crippen LogP contribution in [0.2, 0.25) is 5.02 Å². The maximum atomic E-state index is 13.3. The van der Waals surface area contributed by atoms with Gasteiger partial charge in [0.1, 0.15) is 5.75 Å². The molecule has 0 atom stereocenters. The molecule has 1 N–H and O–H groups in total. The van der Waals surface area contributed by atoms with E-state index in [9.17, 15) is 13.5 Å². The van der Waals surface area contributed by atoms with E-state index in [4.69, 9.17) is 11.6 Å². The van der Waals surface area contributed by atoms with Crippen molar-refractivity contribution in [2.75, 3.05) is 28.6 Å². The van der Waals surface area contributed by atoms with E-state index < -0.39 is 10.0 Å². The van der Waals surface area contributed by atoms with E-state index in [0.717, 1.165) is 5.56 Å². The van der Waals surface area contributed by atoms with Gasteiger partial charge >= 0.3 is 0 Å². The lowest BCUT2D eigenvalue weighted by Crippen LogP contribution is -2.29. The summed E-state index contributed by atoms with van der Waals surface area (Å²) >= 11 is 6.20. The number of sulfonamides is 1. The molecule has 33 heavy (non-hydrogen) atoms. The van der Waals surface area contributed by atoms with E-state index in [-0.39, 0.29) is 5.75 Å². The molecule has 0 unspecified atom stereocenters. The van der Waals surface area contributed by atoms with Gasteiger partial charge in [-0.25, -0.2) is 12.7 Å². The first-order chi connectivity index (χ1) is 15.6. The van der Waals surface area contributed by atoms with Gasteiger partial charge in [0.2, 0.25) is 10.0 Å². The molecule has 0 aliphatic heterocycles. The molecular formula is C25H32ClN3O3S.